The summed E-state index contributed by atoms with van der Waals surface area (Å²) in [6, 6.07) is 11.1. The van der Waals surface area contributed by atoms with Crippen molar-refractivity contribution in [1.82, 2.24) is 9.80 Å². The molecule has 30 heavy (non-hydrogen) atoms. The third-order valence-electron chi connectivity index (χ3n) is 5.25. The number of aryl methyl sites for hydroxylation is 1. The molecule has 0 bridgehead atoms. The minimum atomic E-state index is -3.98. The summed E-state index contributed by atoms with van der Waals surface area (Å²) in [5.41, 5.74) is 1.24. The summed E-state index contributed by atoms with van der Waals surface area (Å²) in [5, 5.41) is 0.539. The Labute approximate surface area is 188 Å². The van der Waals surface area contributed by atoms with Gasteiger partial charge in [0.05, 0.1) is 20.6 Å². The summed E-state index contributed by atoms with van der Waals surface area (Å²) >= 11 is 12.1. The van der Waals surface area contributed by atoms with Gasteiger partial charge < -0.3 is 9.80 Å². The Bertz CT molecular complexity index is 1000. The first-order valence-electron chi connectivity index (χ1n) is 9.77. The highest BCUT2D eigenvalue weighted by molar-refractivity contribution is 7.92. The van der Waals surface area contributed by atoms with E-state index >= 15 is 0 Å². The van der Waals surface area contributed by atoms with Crippen molar-refractivity contribution >= 4 is 44.8 Å². The maximum absolute atomic E-state index is 13.4. The Hall–Kier alpha value is -1.80. The van der Waals surface area contributed by atoms with Crippen LogP contribution >= 0.6 is 23.2 Å². The van der Waals surface area contributed by atoms with E-state index in [0.29, 0.717) is 23.8 Å². The van der Waals surface area contributed by atoms with Gasteiger partial charge in [-0.1, -0.05) is 47.8 Å². The molecule has 1 saturated heterocycles. The van der Waals surface area contributed by atoms with Crippen molar-refractivity contribution in [2.24, 2.45) is 0 Å². The lowest BCUT2D eigenvalue weighted by Crippen LogP contribution is -2.51. The average Bonchev–Trinajstić information content (AvgIpc) is 2.74. The first-order chi connectivity index (χ1) is 14.2. The summed E-state index contributed by atoms with van der Waals surface area (Å²) in [4.78, 5) is 17.1. The normalized spacial score (nSPS) is 15.3. The van der Waals surface area contributed by atoms with Crippen LogP contribution in [0.15, 0.2) is 47.4 Å². The first-order valence-corrected chi connectivity index (χ1v) is 12.0. The molecule has 0 radical (unpaired) electrons. The third-order valence-corrected chi connectivity index (χ3v) is 7.78. The van der Waals surface area contributed by atoms with Crippen LogP contribution in [-0.2, 0) is 14.8 Å². The highest BCUT2D eigenvalue weighted by Crippen LogP contribution is 2.30. The quantitative estimate of drug-likeness (QED) is 0.647. The van der Waals surface area contributed by atoms with Crippen molar-refractivity contribution in [3.05, 3.63) is 58.1 Å². The molecule has 0 N–H and O–H groups in total. The fraction of sp³-hybridized carbons (Fsp3) is 0.381. The molecule has 2 aromatic carbocycles. The van der Waals surface area contributed by atoms with Crippen LogP contribution in [0.3, 0.4) is 0 Å². The van der Waals surface area contributed by atoms with Crippen molar-refractivity contribution < 1.29 is 13.2 Å². The molecule has 0 unspecified atom stereocenters. The maximum atomic E-state index is 13.4. The van der Waals surface area contributed by atoms with E-state index in [2.05, 4.69) is 11.8 Å². The number of likely N-dealkylation sites (N-methyl/N-ethyl adjacent to an activating group) is 1. The largest absolute Gasteiger partial charge is 0.339 e. The molecule has 1 aliphatic rings. The lowest BCUT2D eigenvalue weighted by atomic mass is 10.2. The Morgan fingerprint density at radius 1 is 1.00 bits per heavy atom. The van der Waals surface area contributed by atoms with Crippen molar-refractivity contribution in [2.45, 2.75) is 18.7 Å². The summed E-state index contributed by atoms with van der Waals surface area (Å²) in [7, 11) is -3.98. The van der Waals surface area contributed by atoms with Crippen LogP contribution in [-0.4, -0.2) is 63.4 Å². The molecule has 2 aromatic rings. The molecule has 0 aliphatic carbocycles. The van der Waals surface area contributed by atoms with Gasteiger partial charge in [-0.05, 0) is 43.8 Å². The molecule has 0 aromatic heterocycles. The molecule has 1 amide bonds. The number of carbonyl (C=O) groups excluding carboxylic acids is 1. The lowest BCUT2D eigenvalue weighted by Gasteiger charge is -2.35. The summed E-state index contributed by atoms with van der Waals surface area (Å²) in [6.45, 7) is 7.29. The van der Waals surface area contributed by atoms with Crippen LogP contribution in [0.4, 0.5) is 5.69 Å². The van der Waals surface area contributed by atoms with E-state index in [-0.39, 0.29) is 22.4 Å². The van der Waals surface area contributed by atoms with Crippen LogP contribution in [0.25, 0.3) is 0 Å². The minimum Gasteiger partial charge on any atom is -0.339 e. The Morgan fingerprint density at radius 2 is 1.63 bits per heavy atom. The van der Waals surface area contributed by atoms with Gasteiger partial charge >= 0.3 is 0 Å². The second-order valence-electron chi connectivity index (χ2n) is 7.24. The van der Waals surface area contributed by atoms with E-state index in [1.54, 1.807) is 35.2 Å². The predicted molar refractivity (Wildman–Crippen MR) is 121 cm³/mol. The smallest absolute Gasteiger partial charge is 0.264 e. The molecule has 0 saturated carbocycles. The number of rotatable bonds is 6. The fourth-order valence-corrected chi connectivity index (χ4v) is 5.03. The molecular weight excluding hydrogens is 445 g/mol. The van der Waals surface area contributed by atoms with E-state index in [0.717, 1.165) is 29.5 Å². The molecule has 0 spiro atoms. The Kier molecular flexibility index (Phi) is 7.29. The van der Waals surface area contributed by atoms with Gasteiger partial charge in [-0.3, -0.25) is 9.10 Å². The van der Waals surface area contributed by atoms with Gasteiger partial charge in [-0.15, -0.1) is 0 Å². The van der Waals surface area contributed by atoms with Gasteiger partial charge in [0.1, 0.15) is 6.54 Å². The number of carbonyl (C=O) groups is 1. The number of benzene rings is 2. The lowest BCUT2D eigenvalue weighted by molar-refractivity contribution is -0.131. The van der Waals surface area contributed by atoms with Crippen LogP contribution in [0.1, 0.15) is 12.5 Å². The number of anilines is 1. The molecule has 9 heteroatoms. The topological polar surface area (TPSA) is 60.9 Å². The van der Waals surface area contributed by atoms with E-state index in [4.69, 9.17) is 23.2 Å². The van der Waals surface area contributed by atoms with Gasteiger partial charge in [-0.25, -0.2) is 8.42 Å². The zero-order valence-corrected chi connectivity index (χ0v) is 19.3. The average molecular weight is 470 g/mol. The summed E-state index contributed by atoms with van der Waals surface area (Å²) in [5.74, 6) is -0.243. The number of piperazine rings is 1. The van der Waals surface area contributed by atoms with Gasteiger partial charge in [-0.2, -0.15) is 0 Å². The zero-order chi connectivity index (χ0) is 21.9. The first kappa shape index (κ1) is 22.9. The SMILES string of the molecule is CCN1CCN(C(=O)CN(c2ccc(Cl)c(Cl)c2)S(=O)(=O)c2ccc(C)cc2)CC1. The van der Waals surface area contributed by atoms with Crippen molar-refractivity contribution in [3.63, 3.8) is 0 Å². The highest BCUT2D eigenvalue weighted by Gasteiger charge is 2.30. The van der Waals surface area contributed by atoms with Crippen molar-refractivity contribution in [1.29, 1.82) is 0 Å². The molecule has 1 aliphatic heterocycles. The van der Waals surface area contributed by atoms with E-state index < -0.39 is 10.0 Å². The van der Waals surface area contributed by atoms with Gasteiger partial charge in [0, 0.05) is 26.2 Å². The van der Waals surface area contributed by atoms with Gasteiger partial charge in [0.2, 0.25) is 5.91 Å². The molecular formula is C21H25Cl2N3O3S. The molecule has 3 rings (SSSR count). The van der Waals surface area contributed by atoms with E-state index in [1.165, 1.54) is 12.1 Å². The summed E-state index contributed by atoms with van der Waals surface area (Å²) in [6.07, 6.45) is 0. The van der Waals surface area contributed by atoms with Gasteiger partial charge in [0.25, 0.3) is 10.0 Å². The number of halogens is 2. The molecule has 6 nitrogen and oxygen atoms in total. The number of amides is 1. The van der Waals surface area contributed by atoms with Gasteiger partial charge in [0.15, 0.2) is 0 Å². The molecule has 0 atom stereocenters. The number of hydrogen-bond donors (Lipinski definition) is 0. The highest BCUT2D eigenvalue weighted by atomic mass is 35.5. The minimum absolute atomic E-state index is 0.114. The van der Waals surface area contributed by atoms with Crippen LogP contribution in [0, 0.1) is 6.92 Å². The predicted octanol–water partition coefficient (Wildman–Crippen LogP) is 3.66. The maximum Gasteiger partial charge on any atom is 0.264 e. The fourth-order valence-electron chi connectivity index (χ4n) is 3.33. The van der Waals surface area contributed by atoms with Crippen molar-refractivity contribution in [3.8, 4) is 0 Å². The molecule has 1 fully saturated rings. The summed E-state index contributed by atoms with van der Waals surface area (Å²) < 4.78 is 28.0. The van der Waals surface area contributed by atoms with E-state index in [9.17, 15) is 13.2 Å². The third kappa shape index (κ3) is 5.09. The van der Waals surface area contributed by atoms with Crippen molar-refractivity contribution in [2.75, 3.05) is 43.6 Å². The van der Waals surface area contributed by atoms with Crippen LogP contribution in [0.2, 0.25) is 10.0 Å². The monoisotopic (exact) mass is 469 g/mol. The van der Waals surface area contributed by atoms with Crippen LogP contribution < -0.4 is 4.31 Å². The number of sulfonamides is 1. The van der Waals surface area contributed by atoms with Crippen LogP contribution in [0.5, 0.6) is 0 Å². The number of nitrogens with zero attached hydrogens (tertiary/aromatic N) is 3. The Morgan fingerprint density at radius 3 is 2.20 bits per heavy atom. The van der Waals surface area contributed by atoms with E-state index in [1.807, 2.05) is 6.92 Å². The zero-order valence-electron chi connectivity index (χ0n) is 17.0. The standard InChI is InChI=1S/C21H25Cl2N3O3S/c1-3-24-10-12-25(13-11-24)21(27)15-26(17-6-9-19(22)20(23)14-17)30(28,29)18-7-4-16(2)5-8-18/h4-9,14H,3,10-13,15H2,1-2H3. The Balaban J connectivity index is 1.92. The second kappa shape index (κ2) is 9.56. The molecule has 1 heterocycles. The second-order valence-corrected chi connectivity index (χ2v) is 9.91. The molecule has 162 valence electrons. The number of hydrogen-bond acceptors (Lipinski definition) is 4.